The zero-order chi connectivity index (χ0) is 16.1. The van der Waals surface area contributed by atoms with Crippen LogP contribution in [0, 0.1) is 12.8 Å². The molecule has 5 heteroatoms. The molecule has 2 saturated heterocycles. The number of likely N-dealkylation sites (tertiary alicyclic amines) is 1. The maximum atomic E-state index is 5.69. The van der Waals surface area contributed by atoms with Crippen molar-refractivity contribution in [1.82, 2.24) is 14.9 Å². The zero-order valence-corrected chi connectivity index (χ0v) is 14.5. The third-order valence-electron chi connectivity index (χ3n) is 5.09. The lowest BCUT2D eigenvalue weighted by Gasteiger charge is -2.37. The van der Waals surface area contributed by atoms with Gasteiger partial charge in [-0.05, 0) is 58.2 Å². The molecule has 2 N–H and O–H groups in total. The highest BCUT2D eigenvalue weighted by Crippen LogP contribution is 2.24. The number of hydrogen-bond acceptors (Lipinski definition) is 5. The van der Waals surface area contributed by atoms with E-state index >= 15 is 0 Å². The zero-order valence-electron chi connectivity index (χ0n) is 14.5. The lowest BCUT2D eigenvalue weighted by Crippen LogP contribution is -2.42. The van der Waals surface area contributed by atoms with Crippen LogP contribution in [0.15, 0.2) is 6.07 Å². The maximum Gasteiger partial charge on any atom is 0.132 e. The summed E-state index contributed by atoms with van der Waals surface area (Å²) in [6.45, 7) is 8.74. The van der Waals surface area contributed by atoms with Crippen molar-refractivity contribution in [3.05, 3.63) is 17.6 Å². The van der Waals surface area contributed by atoms with Crippen LogP contribution in [0.5, 0.6) is 0 Å². The predicted octanol–water partition coefficient (Wildman–Crippen LogP) is 1.99. The van der Waals surface area contributed by atoms with Crippen LogP contribution in [-0.2, 0) is 6.42 Å². The smallest absolute Gasteiger partial charge is 0.132 e. The van der Waals surface area contributed by atoms with E-state index in [9.17, 15) is 0 Å². The van der Waals surface area contributed by atoms with E-state index in [1.807, 2.05) is 6.92 Å². The first kappa shape index (κ1) is 16.7. The van der Waals surface area contributed by atoms with Crippen molar-refractivity contribution >= 4 is 5.82 Å². The van der Waals surface area contributed by atoms with Crippen molar-refractivity contribution in [2.45, 2.75) is 45.4 Å². The van der Waals surface area contributed by atoms with Crippen molar-refractivity contribution in [2.75, 3.05) is 44.2 Å². The summed E-state index contributed by atoms with van der Waals surface area (Å²) >= 11 is 0. The number of hydrogen-bond donors (Lipinski definition) is 1. The first-order valence-electron chi connectivity index (χ1n) is 9.26. The second kappa shape index (κ2) is 8.06. The van der Waals surface area contributed by atoms with Gasteiger partial charge in [0.25, 0.3) is 0 Å². The van der Waals surface area contributed by atoms with Crippen molar-refractivity contribution in [3.63, 3.8) is 0 Å². The quantitative estimate of drug-likeness (QED) is 0.900. The van der Waals surface area contributed by atoms with Gasteiger partial charge in [-0.1, -0.05) is 6.42 Å². The molecule has 1 atom stereocenters. The molecule has 2 aliphatic rings. The molecule has 3 rings (SSSR count). The summed E-state index contributed by atoms with van der Waals surface area (Å²) in [6.07, 6.45) is 7.63. The van der Waals surface area contributed by atoms with Gasteiger partial charge in [-0.2, -0.15) is 0 Å². The summed E-state index contributed by atoms with van der Waals surface area (Å²) in [7, 11) is 0. The minimum atomic E-state index is 0.646. The van der Waals surface area contributed by atoms with E-state index in [1.165, 1.54) is 51.7 Å². The summed E-state index contributed by atoms with van der Waals surface area (Å²) in [5.74, 6) is 2.74. The van der Waals surface area contributed by atoms with Gasteiger partial charge in [0.15, 0.2) is 0 Å². The Kier molecular flexibility index (Phi) is 5.84. The fraction of sp³-hybridized carbons (Fsp3) is 0.778. The Morgan fingerprint density at radius 2 is 1.96 bits per heavy atom. The Bertz CT molecular complexity index is 498. The van der Waals surface area contributed by atoms with Gasteiger partial charge in [0.05, 0.1) is 0 Å². The molecule has 0 bridgehead atoms. The van der Waals surface area contributed by atoms with E-state index in [0.29, 0.717) is 6.54 Å². The maximum absolute atomic E-state index is 5.69. The molecule has 128 valence electrons. The summed E-state index contributed by atoms with van der Waals surface area (Å²) in [4.78, 5) is 14.3. The van der Waals surface area contributed by atoms with Crippen LogP contribution >= 0.6 is 0 Å². The van der Waals surface area contributed by atoms with Gasteiger partial charge in [0.1, 0.15) is 11.6 Å². The monoisotopic (exact) mass is 317 g/mol. The van der Waals surface area contributed by atoms with Crippen LogP contribution in [0.1, 0.15) is 43.6 Å². The molecule has 0 aromatic carbocycles. The molecule has 2 fully saturated rings. The molecule has 0 saturated carbocycles. The molecule has 0 aliphatic carbocycles. The third-order valence-corrected chi connectivity index (χ3v) is 5.09. The SMILES string of the molecule is Cc1nc(CCN)cc(N2CCC[C@@H](CN3CCCCC3)C2)n1. The van der Waals surface area contributed by atoms with Gasteiger partial charge in [-0.3, -0.25) is 0 Å². The number of piperidine rings is 2. The molecule has 23 heavy (non-hydrogen) atoms. The molecular formula is C18H31N5. The fourth-order valence-electron chi connectivity index (χ4n) is 3.98. The van der Waals surface area contributed by atoms with Gasteiger partial charge in [-0.15, -0.1) is 0 Å². The van der Waals surface area contributed by atoms with Gasteiger partial charge in [-0.25, -0.2) is 9.97 Å². The molecular weight excluding hydrogens is 286 g/mol. The topological polar surface area (TPSA) is 58.3 Å². The highest BCUT2D eigenvalue weighted by molar-refractivity contribution is 5.40. The number of rotatable bonds is 5. The standard InChI is InChI=1S/C18H31N5/c1-15-20-17(7-8-19)12-18(21-15)23-11-5-6-16(14-23)13-22-9-3-2-4-10-22/h12,16H,2-11,13-14,19H2,1H3/t16-/m0/s1. The minimum absolute atomic E-state index is 0.646. The number of anilines is 1. The van der Waals surface area contributed by atoms with Gasteiger partial charge in [0, 0.05) is 37.8 Å². The molecule has 0 spiro atoms. The van der Waals surface area contributed by atoms with E-state index in [0.717, 1.165) is 42.8 Å². The van der Waals surface area contributed by atoms with Crippen LogP contribution in [0.2, 0.25) is 0 Å². The van der Waals surface area contributed by atoms with Gasteiger partial charge in [0.2, 0.25) is 0 Å². The number of aryl methyl sites for hydroxylation is 1. The van der Waals surface area contributed by atoms with Crippen LogP contribution in [-0.4, -0.2) is 54.1 Å². The van der Waals surface area contributed by atoms with Gasteiger partial charge < -0.3 is 15.5 Å². The molecule has 0 amide bonds. The van der Waals surface area contributed by atoms with E-state index < -0.39 is 0 Å². The average Bonchev–Trinajstić information content (AvgIpc) is 2.56. The number of aromatic nitrogens is 2. The second-order valence-corrected chi connectivity index (χ2v) is 7.12. The summed E-state index contributed by atoms with van der Waals surface area (Å²) in [5.41, 5.74) is 6.76. The Morgan fingerprint density at radius 3 is 2.74 bits per heavy atom. The minimum Gasteiger partial charge on any atom is -0.356 e. The Labute approximate surface area is 140 Å². The third kappa shape index (κ3) is 4.64. The lowest BCUT2D eigenvalue weighted by molar-refractivity contribution is 0.185. The molecule has 0 radical (unpaired) electrons. The highest BCUT2D eigenvalue weighted by Gasteiger charge is 2.24. The summed E-state index contributed by atoms with van der Waals surface area (Å²) < 4.78 is 0. The molecule has 3 heterocycles. The first-order valence-corrected chi connectivity index (χ1v) is 9.26. The van der Waals surface area contributed by atoms with Crippen LogP contribution < -0.4 is 10.6 Å². The first-order chi connectivity index (χ1) is 11.2. The molecule has 5 nitrogen and oxygen atoms in total. The fourth-order valence-corrected chi connectivity index (χ4v) is 3.98. The predicted molar refractivity (Wildman–Crippen MR) is 94.8 cm³/mol. The van der Waals surface area contributed by atoms with Crippen molar-refractivity contribution in [1.29, 1.82) is 0 Å². The van der Waals surface area contributed by atoms with Gasteiger partial charge >= 0.3 is 0 Å². The molecule has 2 aliphatic heterocycles. The van der Waals surface area contributed by atoms with Crippen molar-refractivity contribution in [2.24, 2.45) is 11.7 Å². The van der Waals surface area contributed by atoms with E-state index in [2.05, 4.69) is 25.8 Å². The average molecular weight is 317 g/mol. The highest BCUT2D eigenvalue weighted by atomic mass is 15.2. The molecule has 1 aromatic rings. The van der Waals surface area contributed by atoms with Crippen LogP contribution in [0.3, 0.4) is 0 Å². The normalized spacial score (nSPS) is 23.2. The van der Waals surface area contributed by atoms with E-state index in [1.54, 1.807) is 0 Å². The summed E-state index contributed by atoms with van der Waals surface area (Å²) in [5, 5.41) is 0. The van der Waals surface area contributed by atoms with E-state index in [-0.39, 0.29) is 0 Å². The van der Waals surface area contributed by atoms with Crippen LogP contribution in [0.25, 0.3) is 0 Å². The Morgan fingerprint density at radius 1 is 1.13 bits per heavy atom. The largest absolute Gasteiger partial charge is 0.356 e. The van der Waals surface area contributed by atoms with Crippen molar-refractivity contribution < 1.29 is 0 Å². The molecule has 1 aromatic heterocycles. The summed E-state index contributed by atoms with van der Waals surface area (Å²) in [6, 6.07) is 2.14. The number of nitrogens with zero attached hydrogens (tertiary/aromatic N) is 4. The Balaban J connectivity index is 1.63. The van der Waals surface area contributed by atoms with Crippen LogP contribution in [0.4, 0.5) is 5.82 Å². The lowest BCUT2D eigenvalue weighted by atomic mass is 9.96. The van der Waals surface area contributed by atoms with Crippen molar-refractivity contribution in [3.8, 4) is 0 Å². The Hall–Kier alpha value is -1.20. The number of nitrogens with two attached hydrogens (primary N) is 1. The molecule has 0 unspecified atom stereocenters. The second-order valence-electron chi connectivity index (χ2n) is 7.12. The van der Waals surface area contributed by atoms with E-state index in [4.69, 9.17) is 5.73 Å².